The van der Waals surface area contributed by atoms with Crippen molar-refractivity contribution in [3.05, 3.63) is 0 Å². The van der Waals surface area contributed by atoms with Gasteiger partial charge in [-0.1, -0.05) is 19.3 Å². The summed E-state index contributed by atoms with van der Waals surface area (Å²) in [6.07, 6.45) is 6.59. The van der Waals surface area contributed by atoms with Crippen LogP contribution in [0.1, 0.15) is 32.1 Å². The zero-order chi connectivity index (χ0) is 11.9. The first-order chi connectivity index (χ1) is 7.76. The molecule has 0 aliphatic heterocycles. The second kappa shape index (κ2) is 7.40. The van der Waals surface area contributed by atoms with E-state index < -0.39 is 8.80 Å². The van der Waals surface area contributed by atoms with Crippen LogP contribution >= 0.6 is 0 Å². The lowest BCUT2D eigenvalue weighted by atomic mass is 9.90. The molecule has 0 aromatic carbocycles. The lowest BCUT2D eigenvalue weighted by Gasteiger charge is -2.29. The molecule has 4 nitrogen and oxygen atoms in total. The highest BCUT2D eigenvalue weighted by Gasteiger charge is 2.38. The lowest BCUT2D eigenvalue weighted by Crippen LogP contribution is -2.46. The van der Waals surface area contributed by atoms with E-state index in [-0.39, 0.29) is 0 Å². The molecule has 1 aliphatic carbocycles. The summed E-state index contributed by atoms with van der Waals surface area (Å²) in [7, 11) is 0.866. The van der Waals surface area contributed by atoms with Crippen molar-refractivity contribution in [3.63, 3.8) is 0 Å². The van der Waals surface area contributed by atoms with Crippen molar-refractivity contribution in [2.45, 2.75) is 38.1 Å². The van der Waals surface area contributed by atoms with Crippen LogP contribution in [0.3, 0.4) is 0 Å². The Morgan fingerprint density at radius 2 is 1.75 bits per heavy atom. The molecule has 0 heterocycles. The van der Waals surface area contributed by atoms with E-state index in [0.717, 1.165) is 6.61 Å². The minimum atomic E-state index is -2.45. The Kier molecular flexibility index (Phi) is 6.53. The SMILES string of the molecule is CO[Si](CCN)(OC)OCC1CCCCC1. The third-order valence-electron chi connectivity index (χ3n) is 3.34. The van der Waals surface area contributed by atoms with Crippen molar-refractivity contribution in [3.8, 4) is 0 Å². The molecule has 0 atom stereocenters. The molecule has 1 saturated carbocycles. The first kappa shape index (κ1) is 14.1. The summed E-state index contributed by atoms with van der Waals surface area (Å²) < 4.78 is 16.8. The largest absolute Gasteiger partial charge is 0.501 e. The maximum atomic E-state index is 5.92. The molecule has 1 rings (SSSR count). The highest BCUT2D eigenvalue weighted by atomic mass is 28.4. The molecule has 0 aromatic heterocycles. The Balaban J connectivity index is 2.35. The van der Waals surface area contributed by atoms with Crippen molar-refractivity contribution in [2.24, 2.45) is 11.7 Å². The van der Waals surface area contributed by atoms with Crippen LogP contribution in [0.4, 0.5) is 0 Å². The Morgan fingerprint density at radius 3 is 2.25 bits per heavy atom. The summed E-state index contributed by atoms with van der Waals surface area (Å²) in [5, 5.41) is 0. The summed E-state index contributed by atoms with van der Waals surface area (Å²) in [5.41, 5.74) is 5.57. The molecule has 0 unspecified atom stereocenters. The van der Waals surface area contributed by atoms with Crippen LogP contribution in [0.15, 0.2) is 0 Å². The smallest absolute Gasteiger partial charge is 0.377 e. The van der Waals surface area contributed by atoms with Crippen LogP contribution in [-0.4, -0.2) is 36.2 Å². The number of nitrogens with two attached hydrogens (primary N) is 1. The number of rotatable bonds is 7. The molecular formula is C11H25NO3Si. The average Bonchev–Trinajstić information content (AvgIpc) is 2.36. The van der Waals surface area contributed by atoms with Gasteiger partial charge in [-0.3, -0.25) is 0 Å². The molecule has 96 valence electrons. The normalized spacial score (nSPS) is 18.9. The first-order valence-electron chi connectivity index (χ1n) is 6.20. The van der Waals surface area contributed by atoms with Crippen LogP contribution in [0, 0.1) is 5.92 Å². The second-order valence-corrected chi connectivity index (χ2v) is 7.42. The molecule has 1 fully saturated rings. The van der Waals surface area contributed by atoms with E-state index in [1.54, 1.807) is 14.2 Å². The molecule has 0 spiro atoms. The molecule has 5 heteroatoms. The van der Waals surface area contributed by atoms with Gasteiger partial charge in [-0.2, -0.15) is 0 Å². The zero-order valence-electron chi connectivity index (χ0n) is 10.5. The fraction of sp³-hybridized carbons (Fsp3) is 1.00. The van der Waals surface area contributed by atoms with Crippen LogP contribution in [0.5, 0.6) is 0 Å². The van der Waals surface area contributed by atoms with Gasteiger partial charge in [-0.15, -0.1) is 0 Å². The molecule has 16 heavy (non-hydrogen) atoms. The van der Waals surface area contributed by atoms with Crippen LogP contribution in [0.2, 0.25) is 6.04 Å². The summed E-state index contributed by atoms with van der Waals surface area (Å²) >= 11 is 0. The summed E-state index contributed by atoms with van der Waals surface area (Å²) in [5.74, 6) is 0.684. The third kappa shape index (κ3) is 4.14. The highest BCUT2D eigenvalue weighted by molar-refractivity contribution is 6.60. The molecule has 0 saturated heterocycles. The van der Waals surface area contributed by atoms with E-state index in [0.29, 0.717) is 18.5 Å². The summed E-state index contributed by atoms with van der Waals surface area (Å²) in [6.45, 7) is 1.33. The summed E-state index contributed by atoms with van der Waals surface area (Å²) in [6, 6.07) is 0.701. The molecule has 0 aromatic rings. The average molecular weight is 247 g/mol. The van der Waals surface area contributed by atoms with Gasteiger partial charge in [0.15, 0.2) is 0 Å². The lowest BCUT2D eigenvalue weighted by molar-refractivity contribution is 0.0749. The van der Waals surface area contributed by atoms with Gasteiger partial charge in [-0.05, 0) is 25.3 Å². The molecule has 0 bridgehead atoms. The van der Waals surface area contributed by atoms with Crippen molar-refractivity contribution in [2.75, 3.05) is 27.4 Å². The molecule has 1 aliphatic rings. The maximum Gasteiger partial charge on any atom is 0.501 e. The van der Waals surface area contributed by atoms with Gasteiger partial charge < -0.3 is 19.0 Å². The Hall–Kier alpha value is 0.0569. The fourth-order valence-electron chi connectivity index (χ4n) is 2.25. The second-order valence-electron chi connectivity index (χ2n) is 4.44. The Morgan fingerprint density at radius 1 is 1.12 bits per heavy atom. The van der Waals surface area contributed by atoms with Gasteiger partial charge in [0.2, 0.25) is 0 Å². The van der Waals surface area contributed by atoms with Crippen LogP contribution < -0.4 is 5.73 Å². The zero-order valence-corrected chi connectivity index (χ0v) is 11.5. The Bertz CT molecular complexity index is 182. The van der Waals surface area contributed by atoms with E-state index in [2.05, 4.69) is 0 Å². The van der Waals surface area contributed by atoms with Gasteiger partial charge in [0.25, 0.3) is 0 Å². The minimum absolute atomic E-state index is 0.554. The molecule has 0 amide bonds. The van der Waals surface area contributed by atoms with Gasteiger partial charge in [0, 0.05) is 26.9 Å². The first-order valence-corrected chi connectivity index (χ1v) is 8.14. The molecule has 0 radical (unpaired) electrons. The molecular weight excluding hydrogens is 222 g/mol. The maximum absolute atomic E-state index is 5.92. The third-order valence-corrected chi connectivity index (χ3v) is 6.09. The van der Waals surface area contributed by atoms with E-state index in [1.165, 1.54) is 32.1 Å². The van der Waals surface area contributed by atoms with Gasteiger partial charge in [0.1, 0.15) is 0 Å². The molecule has 2 N–H and O–H groups in total. The van der Waals surface area contributed by atoms with E-state index in [1.807, 2.05) is 0 Å². The monoisotopic (exact) mass is 247 g/mol. The van der Waals surface area contributed by atoms with E-state index >= 15 is 0 Å². The van der Waals surface area contributed by atoms with Crippen molar-refractivity contribution >= 4 is 8.80 Å². The van der Waals surface area contributed by atoms with Gasteiger partial charge in [0.05, 0.1) is 0 Å². The predicted octanol–water partition coefficient (Wildman–Crippen LogP) is 1.77. The van der Waals surface area contributed by atoms with Crippen molar-refractivity contribution in [1.29, 1.82) is 0 Å². The number of hydrogen-bond donors (Lipinski definition) is 1. The van der Waals surface area contributed by atoms with E-state index in [9.17, 15) is 0 Å². The predicted molar refractivity (Wildman–Crippen MR) is 66.2 cm³/mol. The van der Waals surface area contributed by atoms with Crippen LogP contribution in [0.25, 0.3) is 0 Å². The minimum Gasteiger partial charge on any atom is -0.377 e. The quantitative estimate of drug-likeness (QED) is 0.697. The fourth-order valence-corrected chi connectivity index (χ4v) is 4.05. The standard InChI is InChI=1S/C11H25NO3Si/c1-13-16(14-2,9-8-12)15-10-11-6-4-3-5-7-11/h11H,3-10,12H2,1-2H3. The van der Waals surface area contributed by atoms with Crippen molar-refractivity contribution in [1.82, 2.24) is 0 Å². The van der Waals surface area contributed by atoms with Gasteiger partial charge in [-0.25, -0.2) is 0 Å². The highest BCUT2D eigenvalue weighted by Crippen LogP contribution is 2.25. The summed E-state index contributed by atoms with van der Waals surface area (Å²) in [4.78, 5) is 0. The van der Waals surface area contributed by atoms with E-state index in [4.69, 9.17) is 19.0 Å². The van der Waals surface area contributed by atoms with Crippen LogP contribution in [-0.2, 0) is 13.3 Å². The van der Waals surface area contributed by atoms with Gasteiger partial charge >= 0.3 is 8.80 Å². The topological polar surface area (TPSA) is 53.7 Å². The van der Waals surface area contributed by atoms with Crippen molar-refractivity contribution < 1.29 is 13.3 Å². The Labute approximate surface area is 99.8 Å². The number of hydrogen-bond acceptors (Lipinski definition) is 4.